The second kappa shape index (κ2) is 15.3. The fraction of sp³-hybridized carbons (Fsp3) is 0.517. The lowest BCUT2D eigenvalue weighted by Crippen LogP contribution is -2.46. The number of carboxylic acids is 2. The molecule has 0 aliphatic heterocycles. The van der Waals surface area contributed by atoms with Crippen LogP contribution in [-0.2, 0) is 0 Å². The van der Waals surface area contributed by atoms with Crippen LogP contribution in [0.1, 0.15) is 84.9 Å². The van der Waals surface area contributed by atoms with E-state index < -0.39 is 11.9 Å². The Morgan fingerprint density at radius 1 is 0.600 bits per heavy atom. The zero-order valence-corrected chi connectivity index (χ0v) is 20.5. The van der Waals surface area contributed by atoms with Crippen LogP contribution >= 0.6 is 0 Å². The highest BCUT2D eigenvalue weighted by Crippen LogP contribution is 2.48. The molecule has 4 N–H and O–H groups in total. The van der Waals surface area contributed by atoms with Crippen molar-refractivity contribution in [3.05, 3.63) is 71.8 Å². The molecule has 192 valence electrons. The summed E-state index contributed by atoms with van der Waals surface area (Å²) in [6, 6.07) is 16.6. The van der Waals surface area contributed by atoms with Crippen molar-refractivity contribution in [2.75, 3.05) is 13.2 Å². The molecule has 2 aliphatic rings. The fourth-order valence-electron chi connectivity index (χ4n) is 5.42. The number of benzene rings is 2. The number of rotatable bonds is 6. The van der Waals surface area contributed by atoms with Gasteiger partial charge < -0.3 is 20.4 Å². The van der Waals surface area contributed by atoms with Gasteiger partial charge in [0.2, 0.25) is 0 Å². The van der Waals surface area contributed by atoms with E-state index in [2.05, 4.69) is 0 Å². The summed E-state index contributed by atoms with van der Waals surface area (Å²) < 4.78 is 0. The van der Waals surface area contributed by atoms with Crippen LogP contribution in [0.2, 0.25) is 0 Å². The van der Waals surface area contributed by atoms with Crippen molar-refractivity contribution in [3.8, 4) is 0 Å². The highest BCUT2D eigenvalue weighted by Gasteiger charge is 2.44. The van der Waals surface area contributed by atoms with E-state index in [0.29, 0.717) is 23.0 Å². The third-order valence-corrected chi connectivity index (χ3v) is 7.47. The Kier molecular flexibility index (Phi) is 12.5. The van der Waals surface area contributed by atoms with Gasteiger partial charge in [0.15, 0.2) is 0 Å². The first-order chi connectivity index (χ1) is 16.9. The third kappa shape index (κ3) is 8.79. The Hall–Kier alpha value is -2.70. The molecule has 0 aromatic heterocycles. The highest BCUT2D eigenvalue weighted by molar-refractivity contribution is 5.87. The molecule has 0 unspecified atom stereocenters. The predicted octanol–water partition coefficient (Wildman–Crippen LogP) is 5.89. The van der Waals surface area contributed by atoms with E-state index in [-0.39, 0.29) is 18.6 Å². The van der Waals surface area contributed by atoms with Crippen LogP contribution in [0.3, 0.4) is 0 Å². The molecule has 2 fully saturated rings. The normalized spacial score (nSPS) is 16.7. The molecule has 0 amide bonds. The van der Waals surface area contributed by atoms with Gasteiger partial charge in [0.05, 0.1) is 24.3 Å². The molecule has 2 aliphatic carbocycles. The largest absolute Gasteiger partial charge is 0.478 e. The number of hydrogen-bond acceptors (Lipinski definition) is 4. The fourth-order valence-corrected chi connectivity index (χ4v) is 5.42. The minimum Gasteiger partial charge on any atom is -0.478 e. The molecule has 0 saturated heterocycles. The Bertz CT molecular complexity index is 782. The summed E-state index contributed by atoms with van der Waals surface area (Å²) in [5, 5.41) is 36.6. The van der Waals surface area contributed by atoms with Crippen LogP contribution in [0.15, 0.2) is 60.7 Å². The van der Waals surface area contributed by atoms with E-state index in [0.717, 1.165) is 0 Å². The quantitative estimate of drug-likeness (QED) is 0.406. The molecule has 6 nitrogen and oxygen atoms in total. The maximum Gasteiger partial charge on any atom is 0.335 e. The first-order valence-electron chi connectivity index (χ1n) is 12.7. The zero-order valence-electron chi connectivity index (χ0n) is 20.5. The van der Waals surface area contributed by atoms with Gasteiger partial charge in [0.25, 0.3) is 0 Å². The molecule has 0 spiro atoms. The van der Waals surface area contributed by atoms with Crippen molar-refractivity contribution in [3.63, 3.8) is 0 Å². The molecular formula is C29H40O6. The highest BCUT2D eigenvalue weighted by atomic mass is 16.4. The summed E-state index contributed by atoms with van der Waals surface area (Å²) in [7, 11) is 0. The molecular weight excluding hydrogens is 444 g/mol. The molecule has 0 bridgehead atoms. The lowest BCUT2D eigenvalue weighted by molar-refractivity contribution is -0.0672. The van der Waals surface area contributed by atoms with Gasteiger partial charge in [-0.05, 0) is 61.8 Å². The van der Waals surface area contributed by atoms with Gasteiger partial charge in [-0.1, -0.05) is 74.9 Å². The van der Waals surface area contributed by atoms with Crippen LogP contribution in [0, 0.1) is 17.3 Å². The summed E-state index contributed by atoms with van der Waals surface area (Å²) in [5.41, 5.74) is 0.496. The van der Waals surface area contributed by atoms with Crippen molar-refractivity contribution in [2.24, 2.45) is 17.3 Å². The lowest BCUT2D eigenvalue weighted by Gasteiger charge is -2.47. The van der Waals surface area contributed by atoms with Gasteiger partial charge in [-0.2, -0.15) is 0 Å². The number of aliphatic hydroxyl groups is 2. The monoisotopic (exact) mass is 484 g/mol. The molecule has 0 heterocycles. The van der Waals surface area contributed by atoms with Gasteiger partial charge in [-0.25, -0.2) is 9.59 Å². The molecule has 6 heteroatoms. The minimum absolute atomic E-state index is 0.166. The standard InChI is InChI=1S/C15H28O2.2C7H6O2/c16-11-15(12-17,13-7-3-1-4-8-13)14-9-5-2-6-10-14;2*8-7(9)6-4-2-1-3-5-6/h13-14,16-17H,1-12H2;2*1-5H,(H,8,9). The number of aromatic carboxylic acids is 2. The molecule has 4 rings (SSSR count). The van der Waals surface area contributed by atoms with E-state index in [1.165, 1.54) is 64.2 Å². The molecule has 0 radical (unpaired) electrons. The van der Waals surface area contributed by atoms with Crippen LogP contribution in [0.4, 0.5) is 0 Å². The summed E-state index contributed by atoms with van der Waals surface area (Å²) >= 11 is 0. The van der Waals surface area contributed by atoms with Gasteiger partial charge >= 0.3 is 11.9 Å². The Labute approximate surface area is 208 Å². The molecule has 35 heavy (non-hydrogen) atoms. The smallest absolute Gasteiger partial charge is 0.335 e. The van der Waals surface area contributed by atoms with Crippen LogP contribution < -0.4 is 0 Å². The van der Waals surface area contributed by atoms with E-state index in [1.807, 2.05) is 0 Å². The number of carbonyl (C=O) groups is 2. The molecule has 2 saturated carbocycles. The van der Waals surface area contributed by atoms with Crippen molar-refractivity contribution >= 4 is 11.9 Å². The molecule has 2 aromatic rings. The topological polar surface area (TPSA) is 115 Å². The maximum atomic E-state index is 10.2. The Morgan fingerprint density at radius 3 is 1.14 bits per heavy atom. The van der Waals surface area contributed by atoms with Gasteiger partial charge in [0.1, 0.15) is 0 Å². The van der Waals surface area contributed by atoms with E-state index in [9.17, 15) is 19.8 Å². The summed E-state index contributed by atoms with van der Waals surface area (Å²) in [6.07, 6.45) is 12.7. The maximum absolute atomic E-state index is 10.2. The molecule has 0 atom stereocenters. The van der Waals surface area contributed by atoms with Gasteiger partial charge in [-0.3, -0.25) is 0 Å². The van der Waals surface area contributed by atoms with Crippen molar-refractivity contribution in [1.29, 1.82) is 0 Å². The van der Waals surface area contributed by atoms with Crippen LogP contribution in [0.25, 0.3) is 0 Å². The second-order valence-corrected chi connectivity index (χ2v) is 9.56. The van der Waals surface area contributed by atoms with Crippen molar-refractivity contribution in [1.82, 2.24) is 0 Å². The van der Waals surface area contributed by atoms with Crippen molar-refractivity contribution in [2.45, 2.75) is 64.2 Å². The third-order valence-electron chi connectivity index (χ3n) is 7.47. The number of aliphatic hydroxyl groups excluding tert-OH is 2. The SMILES string of the molecule is O=C(O)c1ccccc1.O=C(O)c1ccccc1.OCC(CO)(C1CCCCC1)C1CCCCC1. The lowest BCUT2D eigenvalue weighted by atomic mass is 9.59. The van der Waals surface area contributed by atoms with Crippen molar-refractivity contribution < 1.29 is 30.0 Å². The second-order valence-electron chi connectivity index (χ2n) is 9.56. The van der Waals surface area contributed by atoms with E-state index in [4.69, 9.17) is 10.2 Å². The number of carboxylic acid groups (broad SMARTS) is 2. The summed E-state index contributed by atoms with van der Waals surface area (Å²) in [4.78, 5) is 20.4. The van der Waals surface area contributed by atoms with Gasteiger partial charge in [0, 0.05) is 5.41 Å². The first-order valence-corrected chi connectivity index (χ1v) is 12.7. The number of hydrogen-bond donors (Lipinski definition) is 4. The molecule has 2 aromatic carbocycles. The average molecular weight is 485 g/mol. The van der Waals surface area contributed by atoms with E-state index in [1.54, 1.807) is 60.7 Å². The van der Waals surface area contributed by atoms with Gasteiger partial charge in [-0.15, -0.1) is 0 Å². The Balaban J connectivity index is 0.000000203. The summed E-state index contributed by atoms with van der Waals surface area (Å²) in [6.45, 7) is 0.387. The summed E-state index contributed by atoms with van der Waals surface area (Å²) in [5.74, 6) is -0.630. The van der Waals surface area contributed by atoms with Crippen LogP contribution in [0.5, 0.6) is 0 Å². The zero-order chi connectivity index (χ0) is 25.5. The first kappa shape index (κ1) is 28.5. The van der Waals surface area contributed by atoms with E-state index >= 15 is 0 Å². The van der Waals surface area contributed by atoms with Crippen LogP contribution in [-0.4, -0.2) is 45.6 Å². The minimum atomic E-state index is -0.879. The average Bonchev–Trinajstić information content (AvgIpc) is 2.93. The predicted molar refractivity (Wildman–Crippen MR) is 137 cm³/mol. The Morgan fingerprint density at radius 2 is 0.914 bits per heavy atom.